The summed E-state index contributed by atoms with van der Waals surface area (Å²) >= 11 is 0. The molecule has 0 radical (unpaired) electrons. The Morgan fingerprint density at radius 2 is 1.70 bits per heavy atom. The summed E-state index contributed by atoms with van der Waals surface area (Å²) in [5.41, 5.74) is 1.68. The van der Waals surface area contributed by atoms with E-state index in [0.717, 1.165) is 11.8 Å². The van der Waals surface area contributed by atoms with Crippen LogP contribution in [0.1, 0.15) is 58.4 Å². The van der Waals surface area contributed by atoms with Gasteiger partial charge in [-0.2, -0.15) is 0 Å². The van der Waals surface area contributed by atoms with Crippen molar-refractivity contribution in [3.05, 3.63) is 30.1 Å². The summed E-state index contributed by atoms with van der Waals surface area (Å²) in [4.78, 5) is 4.13. The average molecular weight is 274 g/mol. The average Bonchev–Trinajstić information content (AvgIpc) is 2.62. The van der Waals surface area contributed by atoms with Crippen molar-refractivity contribution >= 4 is 0 Å². The van der Waals surface area contributed by atoms with Gasteiger partial charge in [-0.25, -0.2) is 0 Å². The van der Waals surface area contributed by atoms with Crippen molar-refractivity contribution in [2.24, 2.45) is 11.8 Å². The molecule has 112 valence electrons. The van der Waals surface area contributed by atoms with Gasteiger partial charge in [0.05, 0.1) is 0 Å². The number of rotatable bonds is 4. The standard InChI is InChI=1S/C18H30N2/c1-18(2,3)20-14-17-8-6-4-5-7-16(17)13-15-9-11-19-12-10-15/h9-12,16-17,20H,4-8,13-14H2,1-3H3. The van der Waals surface area contributed by atoms with Gasteiger partial charge in [0.15, 0.2) is 0 Å². The van der Waals surface area contributed by atoms with E-state index in [4.69, 9.17) is 0 Å². The van der Waals surface area contributed by atoms with Crippen LogP contribution in [0.5, 0.6) is 0 Å². The van der Waals surface area contributed by atoms with Crippen LogP contribution in [0, 0.1) is 11.8 Å². The molecule has 1 N–H and O–H groups in total. The highest BCUT2D eigenvalue weighted by Gasteiger charge is 2.25. The predicted molar refractivity (Wildman–Crippen MR) is 85.8 cm³/mol. The highest BCUT2D eigenvalue weighted by molar-refractivity contribution is 5.11. The summed E-state index contributed by atoms with van der Waals surface area (Å²) in [6.07, 6.45) is 12.1. The topological polar surface area (TPSA) is 24.9 Å². The fourth-order valence-electron chi connectivity index (χ4n) is 3.26. The first kappa shape index (κ1) is 15.5. The van der Waals surface area contributed by atoms with Gasteiger partial charge in [-0.05, 0) is 76.1 Å². The molecule has 2 nitrogen and oxygen atoms in total. The fourth-order valence-corrected chi connectivity index (χ4v) is 3.26. The number of hydrogen-bond acceptors (Lipinski definition) is 2. The van der Waals surface area contributed by atoms with Crippen LogP contribution >= 0.6 is 0 Å². The maximum atomic E-state index is 4.13. The van der Waals surface area contributed by atoms with E-state index in [0.29, 0.717) is 0 Å². The molecule has 1 aromatic heterocycles. The Morgan fingerprint density at radius 1 is 1.05 bits per heavy atom. The van der Waals surface area contributed by atoms with Crippen molar-refractivity contribution in [1.29, 1.82) is 0 Å². The first-order chi connectivity index (χ1) is 9.54. The molecule has 2 rings (SSSR count). The normalized spacial score (nSPS) is 24.4. The first-order valence-corrected chi connectivity index (χ1v) is 8.18. The van der Waals surface area contributed by atoms with E-state index in [9.17, 15) is 0 Å². The van der Waals surface area contributed by atoms with E-state index >= 15 is 0 Å². The van der Waals surface area contributed by atoms with Crippen LogP contribution in [0.3, 0.4) is 0 Å². The number of nitrogens with zero attached hydrogens (tertiary/aromatic N) is 1. The lowest BCUT2D eigenvalue weighted by atomic mass is 9.83. The molecule has 1 aromatic rings. The number of hydrogen-bond donors (Lipinski definition) is 1. The molecule has 0 amide bonds. The molecule has 2 unspecified atom stereocenters. The summed E-state index contributed by atoms with van der Waals surface area (Å²) in [6, 6.07) is 4.36. The third kappa shape index (κ3) is 5.24. The molecular formula is C18H30N2. The van der Waals surface area contributed by atoms with E-state index in [-0.39, 0.29) is 5.54 Å². The van der Waals surface area contributed by atoms with Gasteiger partial charge in [0.2, 0.25) is 0 Å². The second-order valence-electron chi connectivity index (χ2n) is 7.35. The highest BCUT2D eigenvalue weighted by atomic mass is 14.9. The van der Waals surface area contributed by atoms with Crippen molar-refractivity contribution in [1.82, 2.24) is 10.3 Å². The smallest absolute Gasteiger partial charge is 0.0270 e. The van der Waals surface area contributed by atoms with Crippen LogP contribution < -0.4 is 5.32 Å². The summed E-state index contributed by atoms with van der Waals surface area (Å²) in [7, 11) is 0. The Bertz CT molecular complexity index is 380. The van der Waals surface area contributed by atoms with Gasteiger partial charge < -0.3 is 5.32 Å². The lowest BCUT2D eigenvalue weighted by Gasteiger charge is -2.30. The van der Waals surface area contributed by atoms with Crippen LogP contribution in [0.2, 0.25) is 0 Å². The summed E-state index contributed by atoms with van der Waals surface area (Å²) < 4.78 is 0. The number of nitrogens with one attached hydrogen (secondary N) is 1. The van der Waals surface area contributed by atoms with Crippen molar-refractivity contribution < 1.29 is 0 Å². The van der Waals surface area contributed by atoms with Crippen LogP contribution in [-0.4, -0.2) is 17.1 Å². The maximum absolute atomic E-state index is 4.13. The Kier molecular flexibility index (Phi) is 5.59. The Labute approximate surface area is 124 Å². The Balaban J connectivity index is 1.97. The summed E-state index contributed by atoms with van der Waals surface area (Å²) in [5, 5.41) is 3.72. The molecule has 2 heteroatoms. The van der Waals surface area contributed by atoms with E-state index in [1.54, 1.807) is 0 Å². The van der Waals surface area contributed by atoms with E-state index < -0.39 is 0 Å². The minimum absolute atomic E-state index is 0.230. The molecule has 1 aliphatic carbocycles. The van der Waals surface area contributed by atoms with Gasteiger partial charge in [-0.3, -0.25) is 4.98 Å². The molecule has 1 aliphatic rings. The monoisotopic (exact) mass is 274 g/mol. The molecular weight excluding hydrogens is 244 g/mol. The minimum atomic E-state index is 0.230. The van der Waals surface area contributed by atoms with Gasteiger partial charge in [-0.15, -0.1) is 0 Å². The molecule has 0 aliphatic heterocycles. The van der Waals surface area contributed by atoms with Gasteiger partial charge in [0.1, 0.15) is 0 Å². The summed E-state index contributed by atoms with van der Waals surface area (Å²) in [5.74, 6) is 1.65. The van der Waals surface area contributed by atoms with Gasteiger partial charge >= 0.3 is 0 Å². The molecule has 0 bridgehead atoms. The number of aromatic nitrogens is 1. The molecule has 1 saturated carbocycles. The van der Waals surface area contributed by atoms with E-state index in [1.165, 1.54) is 50.6 Å². The summed E-state index contributed by atoms with van der Waals surface area (Å²) in [6.45, 7) is 7.96. The molecule has 20 heavy (non-hydrogen) atoms. The Morgan fingerprint density at radius 3 is 2.35 bits per heavy atom. The van der Waals surface area contributed by atoms with Crippen molar-refractivity contribution in [2.45, 2.75) is 64.8 Å². The molecule has 1 heterocycles. The number of pyridine rings is 1. The molecule has 1 fully saturated rings. The lowest BCUT2D eigenvalue weighted by Crippen LogP contribution is -2.40. The zero-order valence-corrected chi connectivity index (χ0v) is 13.4. The highest BCUT2D eigenvalue weighted by Crippen LogP contribution is 2.31. The second-order valence-corrected chi connectivity index (χ2v) is 7.35. The molecule has 0 spiro atoms. The van der Waals surface area contributed by atoms with Crippen LogP contribution in [0.4, 0.5) is 0 Å². The quantitative estimate of drug-likeness (QED) is 0.832. The zero-order chi connectivity index (χ0) is 14.4. The first-order valence-electron chi connectivity index (χ1n) is 8.18. The third-order valence-electron chi connectivity index (χ3n) is 4.46. The third-order valence-corrected chi connectivity index (χ3v) is 4.46. The fraction of sp³-hybridized carbons (Fsp3) is 0.722. The predicted octanol–water partition coefficient (Wildman–Crippen LogP) is 4.21. The lowest BCUT2D eigenvalue weighted by molar-refractivity contribution is 0.270. The van der Waals surface area contributed by atoms with Gasteiger partial charge in [-0.1, -0.05) is 19.3 Å². The maximum Gasteiger partial charge on any atom is 0.0270 e. The van der Waals surface area contributed by atoms with Crippen molar-refractivity contribution in [2.75, 3.05) is 6.54 Å². The zero-order valence-electron chi connectivity index (χ0n) is 13.4. The van der Waals surface area contributed by atoms with Crippen LogP contribution in [0.25, 0.3) is 0 Å². The van der Waals surface area contributed by atoms with E-state index in [1.807, 2.05) is 12.4 Å². The van der Waals surface area contributed by atoms with E-state index in [2.05, 4.69) is 43.2 Å². The molecule has 0 aromatic carbocycles. The van der Waals surface area contributed by atoms with Crippen molar-refractivity contribution in [3.8, 4) is 0 Å². The molecule has 2 atom stereocenters. The molecule has 0 saturated heterocycles. The van der Waals surface area contributed by atoms with Crippen LogP contribution in [0.15, 0.2) is 24.5 Å². The minimum Gasteiger partial charge on any atom is -0.312 e. The largest absolute Gasteiger partial charge is 0.312 e. The van der Waals surface area contributed by atoms with Crippen LogP contribution in [-0.2, 0) is 6.42 Å². The van der Waals surface area contributed by atoms with Gasteiger partial charge in [0, 0.05) is 17.9 Å². The van der Waals surface area contributed by atoms with Crippen molar-refractivity contribution in [3.63, 3.8) is 0 Å². The SMILES string of the molecule is CC(C)(C)NCC1CCCCCC1Cc1ccncc1. The Hall–Kier alpha value is -0.890. The second kappa shape index (κ2) is 7.21. The van der Waals surface area contributed by atoms with Gasteiger partial charge in [0.25, 0.3) is 0 Å².